The van der Waals surface area contributed by atoms with Crippen molar-refractivity contribution < 1.29 is 4.74 Å². The molecule has 15 heavy (non-hydrogen) atoms. The summed E-state index contributed by atoms with van der Waals surface area (Å²) in [5.74, 6) is 0.533. The van der Waals surface area contributed by atoms with Crippen molar-refractivity contribution in [3.63, 3.8) is 0 Å². The zero-order valence-corrected chi connectivity index (χ0v) is 9.20. The number of hydrogen-bond donors (Lipinski definition) is 0. The van der Waals surface area contributed by atoms with Crippen molar-refractivity contribution in [2.45, 2.75) is 10.3 Å². The highest BCUT2D eigenvalue weighted by atomic mass is 35.5. The van der Waals surface area contributed by atoms with E-state index in [-0.39, 0.29) is 0 Å². The number of nitrogens with zero attached hydrogens (tertiary/aromatic N) is 4. The molecule has 1 aliphatic heterocycles. The van der Waals surface area contributed by atoms with Crippen molar-refractivity contribution in [2.24, 2.45) is 0 Å². The first-order valence-corrected chi connectivity index (χ1v) is 5.69. The Kier molecular flexibility index (Phi) is 2.27. The van der Waals surface area contributed by atoms with E-state index in [0.29, 0.717) is 16.2 Å². The molecule has 3 heterocycles. The van der Waals surface area contributed by atoms with E-state index in [1.54, 1.807) is 22.3 Å². The van der Waals surface area contributed by atoms with Crippen LogP contribution in [0, 0.1) is 0 Å². The highest BCUT2D eigenvalue weighted by molar-refractivity contribution is 8.00. The number of ether oxygens (including phenoxy) is 1. The molecule has 0 radical (unpaired) electrons. The van der Waals surface area contributed by atoms with Crippen LogP contribution in [0.1, 0.15) is 0 Å². The van der Waals surface area contributed by atoms with Gasteiger partial charge in [0.2, 0.25) is 0 Å². The standard InChI is InChI=1S/C8H7ClN4OS/c9-6-1-7(15-5-2-14-3-5)13-8(12-6)10-4-11-13/h1,4-5H,2-3H2. The maximum Gasteiger partial charge on any atom is 0.254 e. The predicted molar refractivity (Wildman–Crippen MR) is 56.3 cm³/mol. The van der Waals surface area contributed by atoms with Gasteiger partial charge < -0.3 is 4.74 Å². The van der Waals surface area contributed by atoms with Gasteiger partial charge in [-0.15, -0.1) is 0 Å². The Morgan fingerprint density at radius 2 is 2.40 bits per heavy atom. The topological polar surface area (TPSA) is 52.3 Å². The largest absolute Gasteiger partial charge is 0.379 e. The Balaban J connectivity index is 2.02. The summed E-state index contributed by atoms with van der Waals surface area (Å²) in [6, 6.07) is 1.80. The summed E-state index contributed by atoms with van der Waals surface area (Å²) < 4.78 is 6.81. The van der Waals surface area contributed by atoms with Crippen LogP contribution in [0.25, 0.3) is 5.78 Å². The van der Waals surface area contributed by atoms with E-state index in [0.717, 1.165) is 18.2 Å². The molecule has 0 atom stereocenters. The molecule has 0 unspecified atom stereocenters. The first-order valence-electron chi connectivity index (χ1n) is 4.43. The molecule has 5 nitrogen and oxygen atoms in total. The Hall–Kier alpha value is -0.850. The molecule has 0 aromatic carbocycles. The van der Waals surface area contributed by atoms with E-state index in [2.05, 4.69) is 15.1 Å². The van der Waals surface area contributed by atoms with Gasteiger partial charge in [0.05, 0.1) is 18.5 Å². The Morgan fingerprint density at radius 3 is 3.13 bits per heavy atom. The average Bonchev–Trinajstić information content (AvgIpc) is 2.58. The Labute approximate surface area is 94.8 Å². The van der Waals surface area contributed by atoms with Gasteiger partial charge in [0.1, 0.15) is 16.5 Å². The maximum atomic E-state index is 5.89. The predicted octanol–water partition coefficient (Wildman–Crippen LogP) is 1.27. The van der Waals surface area contributed by atoms with Crippen molar-refractivity contribution in [2.75, 3.05) is 13.2 Å². The summed E-state index contributed by atoms with van der Waals surface area (Å²) in [5.41, 5.74) is 0. The zero-order valence-electron chi connectivity index (χ0n) is 7.63. The fourth-order valence-electron chi connectivity index (χ4n) is 1.29. The molecule has 0 saturated carbocycles. The highest BCUT2D eigenvalue weighted by Gasteiger charge is 2.21. The van der Waals surface area contributed by atoms with Gasteiger partial charge in [0.25, 0.3) is 5.78 Å². The molecule has 1 aliphatic rings. The van der Waals surface area contributed by atoms with Crippen LogP contribution in [0.5, 0.6) is 0 Å². The number of hydrogen-bond acceptors (Lipinski definition) is 5. The monoisotopic (exact) mass is 242 g/mol. The average molecular weight is 243 g/mol. The third-order valence-corrected chi connectivity index (χ3v) is 3.41. The molecule has 0 amide bonds. The summed E-state index contributed by atoms with van der Waals surface area (Å²) >= 11 is 7.58. The van der Waals surface area contributed by atoms with Crippen LogP contribution in [0.4, 0.5) is 0 Å². The molecule has 78 valence electrons. The van der Waals surface area contributed by atoms with Crippen LogP contribution in [0.2, 0.25) is 5.15 Å². The second kappa shape index (κ2) is 3.62. The minimum Gasteiger partial charge on any atom is -0.379 e. The number of aromatic nitrogens is 4. The first kappa shape index (κ1) is 9.38. The van der Waals surface area contributed by atoms with Crippen molar-refractivity contribution in [3.05, 3.63) is 17.5 Å². The lowest BCUT2D eigenvalue weighted by Crippen LogP contribution is -2.30. The van der Waals surface area contributed by atoms with Gasteiger partial charge in [-0.1, -0.05) is 23.4 Å². The highest BCUT2D eigenvalue weighted by Crippen LogP contribution is 2.28. The van der Waals surface area contributed by atoms with Crippen molar-refractivity contribution >= 4 is 29.1 Å². The molecule has 0 bridgehead atoms. The van der Waals surface area contributed by atoms with Crippen LogP contribution >= 0.6 is 23.4 Å². The molecule has 3 rings (SSSR count). The van der Waals surface area contributed by atoms with Crippen LogP contribution in [0.3, 0.4) is 0 Å². The van der Waals surface area contributed by atoms with Gasteiger partial charge in [0, 0.05) is 6.07 Å². The number of rotatable bonds is 2. The van der Waals surface area contributed by atoms with E-state index in [4.69, 9.17) is 16.3 Å². The lowest BCUT2D eigenvalue weighted by molar-refractivity contribution is 0.0454. The van der Waals surface area contributed by atoms with Gasteiger partial charge in [-0.05, 0) is 0 Å². The van der Waals surface area contributed by atoms with Crippen molar-refractivity contribution in [1.82, 2.24) is 19.6 Å². The van der Waals surface area contributed by atoms with Crippen LogP contribution in [0.15, 0.2) is 17.4 Å². The summed E-state index contributed by atoms with van der Waals surface area (Å²) in [6.45, 7) is 1.56. The molecule has 2 aromatic rings. The molecule has 1 fully saturated rings. The van der Waals surface area contributed by atoms with E-state index in [1.165, 1.54) is 6.33 Å². The summed E-state index contributed by atoms with van der Waals surface area (Å²) in [4.78, 5) is 8.06. The normalized spacial score (nSPS) is 16.9. The SMILES string of the molecule is Clc1cc(SC2COC2)n2ncnc2n1. The van der Waals surface area contributed by atoms with E-state index < -0.39 is 0 Å². The molecule has 0 N–H and O–H groups in total. The third-order valence-electron chi connectivity index (χ3n) is 2.08. The first-order chi connectivity index (χ1) is 7.33. The summed E-state index contributed by atoms with van der Waals surface area (Å²) in [7, 11) is 0. The number of fused-ring (bicyclic) bond motifs is 1. The van der Waals surface area contributed by atoms with Gasteiger partial charge in [-0.3, -0.25) is 0 Å². The van der Waals surface area contributed by atoms with Crippen LogP contribution in [-0.4, -0.2) is 38.0 Å². The van der Waals surface area contributed by atoms with Crippen molar-refractivity contribution in [1.29, 1.82) is 0 Å². The quantitative estimate of drug-likeness (QED) is 0.743. The lowest BCUT2D eigenvalue weighted by Gasteiger charge is -2.24. The molecule has 0 aliphatic carbocycles. The third kappa shape index (κ3) is 1.68. The van der Waals surface area contributed by atoms with Gasteiger partial charge in [0.15, 0.2) is 0 Å². The lowest BCUT2D eigenvalue weighted by atomic mass is 10.4. The van der Waals surface area contributed by atoms with E-state index >= 15 is 0 Å². The van der Waals surface area contributed by atoms with Gasteiger partial charge >= 0.3 is 0 Å². The second-order valence-electron chi connectivity index (χ2n) is 3.17. The summed E-state index contributed by atoms with van der Waals surface area (Å²) in [6.07, 6.45) is 1.47. The molecular weight excluding hydrogens is 236 g/mol. The van der Waals surface area contributed by atoms with Crippen LogP contribution in [-0.2, 0) is 4.74 Å². The van der Waals surface area contributed by atoms with Gasteiger partial charge in [-0.25, -0.2) is 0 Å². The van der Waals surface area contributed by atoms with E-state index in [1.807, 2.05) is 0 Å². The minimum atomic E-state index is 0.443. The number of halogens is 1. The Morgan fingerprint density at radius 1 is 1.53 bits per heavy atom. The number of thioether (sulfide) groups is 1. The van der Waals surface area contributed by atoms with Crippen molar-refractivity contribution in [3.8, 4) is 0 Å². The fraction of sp³-hybridized carbons (Fsp3) is 0.375. The van der Waals surface area contributed by atoms with E-state index in [9.17, 15) is 0 Å². The molecule has 1 saturated heterocycles. The van der Waals surface area contributed by atoms with Gasteiger partial charge in [-0.2, -0.15) is 19.6 Å². The molecular formula is C8H7ClN4OS. The second-order valence-corrected chi connectivity index (χ2v) is 4.87. The molecule has 2 aromatic heterocycles. The minimum absolute atomic E-state index is 0.443. The van der Waals surface area contributed by atoms with Crippen LogP contribution < -0.4 is 0 Å². The summed E-state index contributed by atoms with van der Waals surface area (Å²) in [5, 5.41) is 5.97. The molecule has 0 spiro atoms. The molecule has 7 heteroatoms. The smallest absolute Gasteiger partial charge is 0.254 e. The fourth-order valence-corrected chi connectivity index (χ4v) is 2.62. The Bertz CT molecular complexity index is 498. The maximum absolute atomic E-state index is 5.89. The zero-order chi connectivity index (χ0) is 10.3.